The first kappa shape index (κ1) is 15.5. The van der Waals surface area contributed by atoms with Gasteiger partial charge < -0.3 is 5.32 Å². The standard InChI is InChI=1S/C17H26N2S/c1-12(2)19(13(3)4)10-9-14-11-18-17(20)16-8-6-5-7-15(14)16/h5-8,12-14H,9-11H2,1-4H3,(H,18,20). The van der Waals surface area contributed by atoms with Gasteiger partial charge in [-0.2, -0.15) is 0 Å². The summed E-state index contributed by atoms with van der Waals surface area (Å²) >= 11 is 5.41. The summed E-state index contributed by atoms with van der Waals surface area (Å²) in [4.78, 5) is 3.47. The molecule has 0 radical (unpaired) electrons. The van der Waals surface area contributed by atoms with Crippen molar-refractivity contribution in [3.05, 3.63) is 35.4 Å². The van der Waals surface area contributed by atoms with Gasteiger partial charge in [-0.1, -0.05) is 36.5 Å². The summed E-state index contributed by atoms with van der Waals surface area (Å²) < 4.78 is 0. The summed E-state index contributed by atoms with van der Waals surface area (Å²) in [5.41, 5.74) is 2.64. The third kappa shape index (κ3) is 3.39. The molecule has 1 unspecified atom stereocenters. The highest BCUT2D eigenvalue weighted by Crippen LogP contribution is 2.27. The van der Waals surface area contributed by atoms with Gasteiger partial charge >= 0.3 is 0 Å². The lowest BCUT2D eigenvalue weighted by molar-refractivity contribution is 0.168. The molecule has 1 N–H and O–H groups in total. The Morgan fingerprint density at radius 3 is 2.50 bits per heavy atom. The van der Waals surface area contributed by atoms with E-state index in [1.807, 2.05) is 0 Å². The highest BCUT2D eigenvalue weighted by molar-refractivity contribution is 7.80. The molecule has 1 aromatic carbocycles. The first-order chi connectivity index (χ1) is 9.50. The monoisotopic (exact) mass is 290 g/mol. The van der Waals surface area contributed by atoms with Crippen LogP contribution in [0.5, 0.6) is 0 Å². The van der Waals surface area contributed by atoms with Gasteiger partial charge in [-0.05, 0) is 46.2 Å². The van der Waals surface area contributed by atoms with Crippen LogP contribution in [-0.4, -0.2) is 35.1 Å². The molecule has 0 aliphatic carbocycles. The van der Waals surface area contributed by atoms with E-state index in [1.54, 1.807) is 0 Å². The van der Waals surface area contributed by atoms with E-state index in [4.69, 9.17) is 12.2 Å². The highest BCUT2D eigenvalue weighted by atomic mass is 32.1. The second-order valence-electron chi connectivity index (χ2n) is 6.21. The number of hydrogen-bond acceptors (Lipinski definition) is 2. The van der Waals surface area contributed by atoms with Crippen molar-refractivity contribution in [1.82, 2.24) is 10.2 Å². The quantitative estimate of drug-likeness (QED) is 0.835. The van der Waals surface area contributed by atoms with Gasteiger partial charge in [0.25, 0.3) is 0 Å². The Morgan fingerprint density at radius 1 is 1.20 bits per heavy atom. The van der Waals surface area contributed by atoms with Gasteiger partial charge in [0.15, 0.2) is 0 Å². The molecule has 1 aromatic rings. The molecule has 0 saturated heterocycles. The molecule has 2 nitrogen and oxygen atoms in total. The maximum absolute atomic E-state index is 5.41. The van der Waals surface area contributed by atoms with Gasteiger partial charge in [-0.25, -0.2) is 0 Å². The molecule has 1 aliphatic rings. The van der Waals surface area contributed by atoms with Gasteiger partial charge in [0.2, 0.25) is 0 Å². The predicted octanol–water partition coefficient (Wildman–Crippen LogP) is 3.56. The van der Waals surface area contributed by atoms with E-state index in [0.717, 1.165) is 18.1 Å². The number of nitrogens with one attached hydrogen (secondary N) is 1. The molecule has 0 spiro atoms. The van der Waals surface area contributed by atoms with Crippen LogP contribution in [-0.2, 0) is 0 Å². The Bertz CT molecular complexity index is 460. The largest absolute Gasteiger partial charge is 0.375 e. The number of nitrogens with zero attached hydrogens (tertiary/aromatic N) is 1. The van der Waals surface area contributed by atoms with Crippen LogP contribution in [0.4, 0.5) is 0 Å². The zero-order chi connectivity index (χ0) is 14.7. The van der Waals surface area contributed by atoms with Crippen molar-refractivity contribution in [3.63, 3.8) is 0 Å². The average Bonchev–Trinajstić information content (AvgIpc) is 2.41. The summed E-state index contributed by atoms with van der Waals surface area (Å²) in [5.74, 6) is 0.568. The van der Waals surface area contributed by atoms with Crippen LogP contribution in [0.25, 0.3) is 0 Å². The summed E-state index contributed by atoms with van der Waals surface area (Å²) in [6, 6.07) is 9.78. The topological polar surface area (TPSA) is 15.3 Å². The van der Waals surface area contributed by atoms with E-state index >= 15 is 0 Å². The van der Waals surface area contributed by atoms with Crippen LogP contribution >= 0.6 is 12.2 Å². The number of fused-ring (bicyclic) bond motifs is 1. The molecule has 2 rings (SSSR count). The first-order valence-electron chi connectivity index (χ1n) is 7.63. The van der Waals surface area contributed by atoms with Crippen molar-refractivity contribution in [2.45, 2.75) is 52.1 Å². The third-order valence-electron chi connectivity index (χ3n) is 4.22. The normalized spacial score (nSPS) is 18.6. The van der Waals surface area contributed by atoms with E-state index in [-0.39, 0.29) is 0 Å². The van der Waals surface area contributed by atoms with E-state index in [0.29, 0.717) is 18.0 Å². The molecule has 0 aromatic heterocycles. The zero-order valence-electron chi connectivity index (χ0n) is 13.0. The summed E-state index contributed by atoms with van der Waals surface area (Å²) in [6.45, 7) is 11.2. The molecule has 110 valence electrons. The average molecular weight is 290 g/mol. The molecule has 1 atom stereocenters. The van der Waals surface area contributed by atoms with Crippen molar-refractivity contribution >= 4 is 17.2 Å². The fraction of sp³-hybridized carbons (Fsp3) is 0.588. The van der Waals surface area contributed by atoms with E-state index < -0.39 is 0 Å². The van der Waals surface area contributed by atoms with Crippen molar-refractivity contribution in [2.24, 2.45) is 0 Å². The van der Waals surface area contributed by atoms with Gasteiger partial charge in [0.05, 0.1) is 0 Å². The van der Waals surface area contributed by atoms with Gasteiger partial charge in [0.1, 0.15) is 4.99 Å². The molecule has 3 heteroatoms. The molecular formula is C17H26N2S. The van der Waals surface area contributed by atoms with E-state index in [1.165, 1.54) is 17.5 Å². The summed E-state index contributed by atoms with van der Waals surface area (Å²) in [7, 11) is 0. The lowest BCUT2D eigenvalue weighted by Gasteiger charge is -2.34. The Kier molecular flexibility index (Phi) is 5.17. The molecule has 20 heavy (non-hydrogen) atoms. The smallest absolute Gasteiger partial charge is 0.106 e. The number of benzene rings is 1. The second-order valence-corrected chi connectivity index (χ2v) is 6.62. The Balaban J connectivity index is 2.08. The SMILES string of the molecule is CC(C)N(CCC1CNC(=S)c2ccccc21)C(C)C. The molecular weight excluding hydrogens is 264 g/mol. The molecule has 0 amide bonds. The van der Waals surface area contributed by atoms with Crippen LogP contribution in [0.1, 0.15) is 51.2 Å². The van der Waals surface area contributed by atoms with Crippen molar-refractivity contribution in [2.75, 3.05) is 13.1 Å². The third-order valence-corrected chi connectivity index (χ3v) is 4.58. The van der Waals surface area contributed by atoms with Crippen molar-refractivity contribution in [3.8, 4) is 0 Å². The van der Waals surface area contributed by atoms with Gasteiger partial charge in [-0.3, -0.25) is 4.90 Å². The molecule has 0 saturated carbocycles. The van der Waals surface area contributed by atoms with Crippen molar-refractivity contribution < 1.29 is 0 Å². The summed E-state index contributed by atoms with van der Waals surface area (Å²) in [6.07, 6.45) is 1.18. The summed E-state index contributed by atoms with van der Waals surface area (Å²) in [5, 5.41) is 3.38. The van der Waals surface area contributed by atoms with Gasteiger partial charge in [-0.15, -0.1) is 0 Å². The van der Waals surface area contributed by atoms with Crippen molar-refractivity contribution in [1.29, 1.82) is 0 Å². The first-order valence-corrected chi connectivity index (χ1v) is 8.04. The fourth-order valence-corrected chi connectivity index (χ4v) is 3.43. The minimum absolute atomic E-state index is 0.568. The van der Waals surface area contributed by atoms with Gasteiger partial charge in [0, 0.05) is 30.1 Å². The van der Waals surface area contributed by atoms with E-state index in [9.17, 15) is 0 Å². The number of thiocarbonyl (C=S) groups is 1. The highest BCUT2D eigenvalue weighted by Gasteiger charge is 2.24. The molecule has 0 fully saturated rings. The Labute approximate surface area is 128 Å². The van der Waals surface area contributed by atoms with Crippen LogP contribution < -0.4 is 5.32 Å². The van der Waals surface area contributed by atoms with E-state index in [2.05, 4.69) is 62.2 Å². The molecule has 1 heterocycles. The Hall–Kier alpha value is -0.930. The van der Waals surface area contributed by atoms with Crippen LogP contribution in [0.2, 0.25) is 0 Å². The lowest BCUT2D eigenvalue weighted by atomic mass is 9.88. The minimum Gasteiger partial charge on any atom is -0.375 e. The number of rotatable bonds is 5. The molecule has 1 aliphatic heterocycles. The minimum atomic E-state index is 0.568. The second kappa shape index (κ2) is 6.68. The van der Waals surface area contributed by atoms with Crippen LogP contribution in [0.15, 0.2) is 24.3 Å². The fourth-order valence-electron chi connectivity index (χ4n) is 3.16. The van der Waals surface area contributed by atoms with Crippen LogP contribution in [0.3, 0.4) is 0 Å². The maximum atomic E-state index is 5.41. The lowest BCUT2D eigenvalue weighted by Crippen LogP contribution is -2.40. The Morgan fingerprint density at radius 2 is 1.85 bits per heavy atom. The predicted molar refractivity (Wildman–Crippen MR) is 90.5 cm³/mol. The molecule has 0 bridgehead atoms. The zero-order valence-corrected chi connectivity index (χ0v) is 13.8. The maximum Gasteiger partial charge on any atom is 0.106 e. The number of hydrogen-bond donors (Lipinski definition) is 1. The van der Waals surface area contributed by atoms with Crippen LogP contribution in [0, 0.1) is 0 Å².